The van der Waals surface area contributed by atoms with E-state index < -0.39 is 11.6 Å². The Hall–Kier alpha value is -1.47. The van der Waals surface area contributed by atoms with E-state index in [2.05, 4.69) is 21.0 Å². The average Bonchev–Trinajstić information content (AvgIpc) is 2.65. The predicted octanol–water partition coefficient (Wildman–Crippen LogP) is 1.93. The van der Waals surface area contributed by atoms with Gasteiger partial charge in [0.05, 0.1) is 6.54 Å². The fourth-order valence-corrected chi connectivity index (χ4v) is 1.93. The zero-order valence-electron chi connectivity index (χ0n) is 9.52. The van der Waals surface area contributed by atoms with E-state index in [-0.39, 0.29) is 19.0 Å². The van der Waals surface area contributed by atoms with Gasteiger partial charge < -0.3 is 9.15 Å². The first-order valence-electron chi connectivity index (χ1n) is 5.10. The predicted molar refractivity (Wildman–Crippen MR) is 64.7 cm³/mol. The van der Waals surface area contributed by atoms with Crippen molar-refractivity contribution >= 4 is 15.9 Å². The number of ether oxygens (including phenoxy) is 1. The molecule has 0 N–H and O–H groups in total. The summed E-state index contributed by atoms with van der Waals surface area (Å²) in [6.45, 7) is 0.0972. The molecule has 5 nitrogen and oxygen atoms in total. The van der Waals surface area contributed by atoms with Gasteiger partial charge in [0, 0.05) is 17.1 Å². The van der Waals surface area contributed by atoms with E-state index in [1.54, 1.807) is 12.1 Å². The molecule has 2 rings (SSSR count). The Labute approximate surface area is 110 Å². The van der Waals surface area contributed by atoms with Gasteiger partial charge in [-0.2, -0.15) is 4.68 Å². The Bertz CT molecular complexity index is 588. The molecule has 2 aromatic rings. The third-order valence-electron chi connectivity index (χ3n) is 2.29. The van der Waals surface area contributed by atoms with Crippen molar-refractivity contribution in [2.75, 3.05) is 7.11 Å². The van der Waals surface area contributed by atoms with Crippen LogP contribution in [-0.2, 0) is 17.9 Å². The van der Waals surface area contributed by atoms with Crippen molar-refractivity contribution in [3.05, 3.63) is 50.5 Å². The van der Waals surface area contributed by atoms with Crippen LogP contribution in [0, 0.1) is 5.82 Å². The number of halogens is 2. The number of nitrogens with zero attached hydrogens (tertiary/aromatic N) is 2. The molecule has 0 spiro atoms. The van der Waals surface area contributed by atoms with Crippen molar-refractivity contribution < 1.29 is 13.5 Å². The van der Waals surface area contributed by atoms with Gasteiger partial charge >= 0.3 is 5.76 Å². The van der Waals surface area contributed by atoms with Gasteiger partial charge in [0.2, 0.25) is 5.89 Å². The second kappa shape index (κ2) is 5.45. The van der Waals surface area contributed by atoms with Crippen molar-refractivity contribution in [2.45, 2.75) is 13.2 Å². The molecule has 0 aliphatic heterocycles. The van der Waals surface area contributed by atoms with Crippen LogP contribution in [0.2, 0.25) is 0 Å². The van der Waals surface area contributed by atoms with Crippen LogP contribution < -0.4 is 5.76 Å². The van der Waals surface area contributed by atoms with Crippen LogP contribution in [0.1, 0.15) is 11.5 Å². The first-order chi connectivity index (χ1) is 8.61. The first kappa shape index (κ1) is 13.0. The highest BCUT2D eigenvalue weighted by atomic mass is 79.9. The zero-order chi connectivity index (χ0) is 13.1. The molecule has 0 unspecified atom stereocenters. The minimum atomic E-state index is -0.641. The lowest BCUT2D eigenvalue weighted by atomic mass is 10.2. The molecule has 0 aliphatic rings. The van der Waals surface area contributed by atoms with E-state index in [1.165, 1.54) is 13.2 Å². The average molecular weight is 317 g/mol. The lowest BCUT2D eigenvalue weighted by molar-refractivity contribution is 0.158. The van der Waals surface area contributed by atoms with E-state index in [1.807, 2.05) is 0 Å². The summed E-state index contributed by atoms with van der Waals surface area (Å²) < 4.78 is 24.9. The van der Waals surface area contributed by atoms with Crippen LogP contribution in [0.3, 0.4) is 0 Å². The molecule has 0 radical (unpaired) electrons. The van der Waals surface area contributed by atoms with Crippen LogP contribution in [0.4, 0.5) is 4.39 Å². The van der Waals surface area contributed by atoms with Gasteiger partial charge in [-0.15, -0.1) is 5.10 Å². The van der Waals surface area contributed by atoms with Crippen molar-refractivity contribution in [3.8, 4) is 0 Å². The third-order valence-corrected chi connectivity index (χ3v) is 3.03. The first-order valence-corrected chi connectivity index (χ1v) is 5.89. The Kier molecular flexibility index (Phi) is 3.93. The van der Waals surface area contributed by atoms with Crippen LogP contribution in [0.15, 0.2) is 31.9 Å². The van der Waals surface area contributed by atoms with Gasteiger partial charge in [0.25, 0.3) is 0 Å². The SMILES string of the molecule is COCc1nn(Cc2c(F)cccc2Br)c(=O)o1. The lowest BCUT2D eigenvalue weighted by Gasteiger charge is -2.04. The highest BCUT2D eigenvalue weighted by Crippen LogP contribution is 2.20. The molecule has 0 atom stereocenters. The maximum absolute atomic E-state index is 13.6. The summed E-state index contributed by atoms with van der Waals surface area (Å²) in [6.07, 6.45) is 0. The highest BCUT2D eigenvalue weighted by Gasteiger charge is 2.12. The molecule has 1 aromatic heterocycles. The molecular formula is C11H10BrFN2O3. The molecule has 0 fully saturated rings. The third kappa shape index (κ3) is 2.68. The molecular weight excluding hydrogens is 307 g/mol. The van der Waals surface area contributed by atoms with Crippen LogP contribution in [0.5, 0.6) is 0 Å². The van der Waals surface area contributed by atoms with Gasteiger partial charge in [-0.25, -0.2) is 9.18 Å². The fraction of sp³-hybridized carbons (Fsp3) is 0.273. The Morgan fingerprint density at radius 3 is 3.00 bits per heavy atom. The molecule has 18 heavy (non-hydrogen) atoms. The maximum atomic E-state index is 13.6. The number of rotatable bonds is 4. The molecule has 96 valence electrons. The van der Waals surface area contributed by atoms with Gasteiger partial charge in [-0.1, -0.05) is 22.0 Å². The van der Waals surface area contributed by atoms with Gasteiger partial charge in [-0.05, 0) is 12.1 Å². The largest absolute Gasteiger partial charge is 0.437 e. The van der Waals surface area contributed by atoms with Crippen molar-refractivity contribution in [2.24, 2.45) is 0 Å². The van der Waals surface area contributed by atoms with Crippen molar-refractivity contribution in [3.63, 3.8) is 0 Å². The molecule has 0 saturated carbocycles. The second-order valence-electron chi connectivity index (χ2n) is 3.55. The topological polar surface area (TPSA) is 57.3 Å². The van der Waals surface area contributed by atoms with Crippen molar-refractivity contribution in [1.29, 1.82) is 0 Å². The molecule has 0 bridgehead atoms. The second-order valence-corrected chi connectivity index (χ2v) is 4.41. The van der Waals surface area contributed by atoms with Crippen LogP contribution in [-0.4, -0.2) is 16.9 Å². The standard InChI is InChI=1S/C11H10BrFN2O3/c1-17-6-10-14-15(11(16)18-10)5-7-8(12)3-2-4-9(7)13/h2-4H,5-6H2,1H3. The summed E-state index contributed by atoms with van der Waals surface area (Å²) in [4.78, 5) is 11.5. The number of hydrogen-bond acceptors (Lipinski definition) is 4. The normalized spacial score (nSPS) is 10.8. The minimum Gasteiger partial charge on any atom is -0.390 e. The monoisotopic (exact) mass is 316 g/mol. The molecule has 1 aromatic carbocycles. The summed E-state index contributed by atoms with van der Waals surface area (Å²) in [6, 6.07) is 4.59. The molecule has 0 saturated heterocycles. The summed E-state index contributed by atoms with van der Waals surface area (Å²) in [5.41, 5.74) is 0.344. The quantitative estimate of drug-likeness (QED) is 0.865. The minimum absolute atomic E-state index is 0.000690. The molecule has 1 heterocycles. The van der Waals surface area contributed by atoms with Gasteiger partial charge in [0.15, 0.2) is 0 Å². The van der Waals surface area contributed by atoms with Crippen LogP contribution >= 0.6 is 15.9 Å². The number of methoxy groups -OCH3 is 1. The van der Waals surface area contributed by atoms with E-state index in [0.717, 1.165) is 4.68 Å². The lowest BCUT2D eigenvalue weighted by Crippen LogP contribution is -2.17. The van der Waals surface area contributed by atoms with E-state index >= 15 is 0 Å². The molecule has 7 heteroatoms. The summed E-state index contributed by atoms with van der Waals surface area (Å²) >= 11 is 3.23. The summed E-state index contributed by atoms with van der Waals surface area (Å²) in [7, 11) is 1.46. The van der Waals surface area contributed by atoms with Crippen molar-refractivity contribution in [1.82, 2.24) is 9.78 Å². The Morgan fingerprint density at radius 2 is 2.33 bits per heavy atom. The van der Waals surface area contributed by atoms with E-state index in [4.69, 9.17) is 9.15 Å². The highest BCUT2D eigenvalue weighted by molar-refractivity contribution is 9.10. The van der Waals surface area contributed by atoms with Gasteiger partial charge in [0.1, 0.15) is 12.4 Å². The summed E-state index contributed by atoms with van der Waals surface area (Å²) in [5, 5.41) is 3.90. The number of hydrogen-bond donors (Lipinski definition) is 0. The van der Waals surface area contributed by atoms with E-state index in [0.29, 0.717) is 10.0 Å². The number of aromatic nitrogens is 2. The molecule has 0 aliphatic carbocycles. The number of benzene rings is 1. The van der Waals surface area contributed by atoms with E-state index in [9.17, 15) is 9.18 Å². The maximum Gasteiger partial charge on any atom is 0.437 e. The Morgan fingerprint density at radius 1 is 1.56 bits per heavy atom. The summed E-state index contributed by atoms with van der Waals surface area (Å²) in [5.74, 6) is -0.889. The Balaban J connectivity index is 2.31. The van der Waals surface area contributed by atoms with Crippen LogP contribution in [0.25, 0.3) is 0 Å². The molecule has 0 amide bonds. The smallest absolute Gasteiger partial charge is 0.390 e. The van der Waals surface area contributed by atoms with Gasteiger partial charge in [-0.3, -0.25) is 0 Å². The fourth-order valence-electron chi connectivity index (χ4n) is 1.46. The zero-order valence-corrected chi connectivity index (χ0v) is 11.1.